The van der Waals surface area contributed by atoms with E-state index in [1.54, 1.807) is 0 Å². The van der Waals surface area contributed by atoms with Crippen LogP contribution in [0.25, 0.3) is 0 Å². The van der Waals surface area contributed by atoms with E-state index in [0.29, 0.717) is 5.56 Å². The third kappa shape index (κ3) is 3.04. The van der Waals surface area contributed by atoms with Gasteiger partial charge in [0.05, 0.1) is 24.4 Å². The Kier molecular flexibility index (Phi) is 4.56. The van der Waals surface area contributed by atoms with Gasteiger partial charge in [-0.1, -0.05) is 30.3 Å². The van der Waals surface area contributed by atoms with Crippen molar-refractivity contribution in [2.24, 2.45) is 10.7 Å². The molecule has 0 saturated heterocycles. The molecule has 0 spiro atoms. The minimum absolute atomic E-state index is 0.0244. The maximum atomic E-state index is 15.2. The fraction of sp³-hybridized carbons (Fsp3) is 0.238. The van der Waals surface area contributed by atoms with Crippen LogP contribution in [0.2, 0.25) is 0 Å². The van der Waals surface area contributed by atoms with E-state index in [1.807, 2.05) is 0 Å². The van der Waals surface area contributed by atoms with E-state index in [9.17, 15) is 9.18 Å². The van der Waals surface area contributed by atoms with Crippen LogP contribution in [0.5, 0.6) is 5.75 Å². The highest BCUT2D eigenvalue weighted by Gasteiger charge is 2.47. The van der Waals surface area contributed by atoms with Crippen LogP contribution in [0.4, 0.5) is 13.2 Å². The Morgan fingerprint density at radius 2 is 2.07 bits per heavy atom. The number of alkyl halides is 2. The molecule has 2 aliphatic rings. The van der Waals surface area contributed by atoms with E-state index in [4.69, 9.17) is 10.5 Å². The maximum absolute atomic E-state index is 15.2. The van der Waals surface area contributed by atoms with Crippen molar-refractivity contribution in [2.75, 3.05) is 6.61 Å². The van der Waals surface area contributed by atoms with Gasteiger partial charge in [-0.2, -0.15) is 0 Å². The van der Waals surface area contributed by atoms with Crippen molar-refractivity contribution >= 4 is 12.2 Å². The van der Waals surface area contributed by atoms with Crippen molar-refractivity contribution in [3.8, 4) is 5.75 Å². The summed E-state index contributed by atoms with van der Waals surface area (Å²) in [6.07, 6.45) is 4.37. The molecule has 2 aliphatic heterocycles. The lowest BCUT2D eigenvalue weighted by molar-refractivity contribution is -0.121. The molecule has 0 bridgehead atoms. The van der Waals surface area contributed by atoms with Crippen LogP contribution < -0.4 is 15.8 Å². The van der Waals surface area contributed by atoms with Gasteiger partial charge in [0.2, 0.25) is 0 Å². The number of nitrogens with one attached hydrogen (secondary N) is 1. The van der Waals surface area contributed by atoms with Gasteiger partial charge in [-0.05, 0) is 30.2 Å². The minimum atomic E-state index is -3.43. The van der Waals surface area contributed by atoms with Gasteiger partial charge in [0, 0.05) is 11.8 Å². The van der Waals surface area contributed by atoms with E-state index in [1.165, 1.54) is 48.9 Å². The number of aliphatic imine (C=N–C) groups is 1. The topological polar surface area (TPSA) is 76.7 Å². The average molecular weight is 401 g/mol. The highest BCUT2D eigenvalue weighted by atomic mass is 19.3. The van der Waals surface area contributed by atoms with Crippen LogP contribution >= 0.6 is 0 Å². The van der Waals surface area contributed by atoms with Gasteiger partial charge in [-0.15, -0.1) is 0 Å². The third-order valence-electron chi connectivity index (χ3n) is 5.30. The molecule has 3 N–H and O–H groups in total. The summed E-state index contributed by atoms with van der Waals surface area (Å²) in [5.41, 5.74) is 4.10. The number of benzene rings is 2. The number of nitrogens with zero attached hydrogens (tertiary/aromatic N) is 1. The Balaban J connectivity index is 1.78. The summed E-state index contributed by atoms with van der Waals surface area (Å²) in [4.78, 5) is 16.3. The van der Waals surface area contributed by atoms with E-state index in [-0.39, 0.29) is 24.3 Å². The molecule has 4 rings (SSSR count). The lowest BCUT2D eigenvalue weighted by atomic mass is 9.81. The number of hydrogen-bond donors (Lipinski definition) is 2. The highest BCUT2D eigenvalue weighted by molar-refractivity contribution is 5.91. The minimum Gasteiger partial charge on any atom is -0.493 e. The number of halogens is 3. The Hall–Kier alpha value is -3.29. The molecule has 1 amide bonds. The van der Waals surface area contributed by atoms with Crippen LogP contribution in [0.15, 0.2) is 59.7 Å². The normalized spacial score (nSPS) is 23.1. The molecule has 0 aromatic heterocycles. The number of fused-ring (bicyclic) bond motifs is 1. The van der Waals surface area contributed by atoms with Gasteiger partial charge >= 0.3 is 0 Å². The second kappa shape index (κ2) is 6.95. The summed E-state index contributed by atoms with van der Waals surface area (Å²) in [5, 5.41) is 2.73. The molecule has 2 atom stereocenters. The molecule has 5 nitrogen and oxygen atoms in total. The molecule has 29 heavy (non-hydrogen) atoms. The quantitative estimate of drug-likeness (QED) is 0.825. The second-order valence-corrected chi connectivity index (χ2v) is 6.93. The highest BCUT2D eigenvalue weighted by Crippen LogP contribution is 2.50. The fourth-order valence-electron chi connectivity index (χ4n) is 3.78. The van der Waals surface area contributed by atoms with Crippen molar-refractivity contribution in [3.63, 3.8) is 0 Å². The maximum Gasteiger partial charge on any atom is 0.283 e. The van der Waals surface area contributed by atoms with Crippen molar-refractivity contribution in [1.82, 2.24) is 5.32 Å². The van der Waals surface area contributed by atoms with Gasteiger partial charge in [0.25, 0.3) is 11.8 Å². The number of rotatable bonds is 4. The molecule has 150 valence electrons. The van der Waals surface area contributed by atoms with Crippen molar-refractivity contribution in [1.29, 1.82) is 0 Å². The average Bonchev–Trinajstić information content (AvgIpc) is 2.73. The molecule has 0 saturated carbocycles. The van der Waals surface area contributed by atoms with Crippen molar-refractivity contribution < 1.29 is 22.7 Å². The Labute approximate surface area is 165 Å². The van der Waals surface area contributed by atoms with Crippen LogP contribution in [0.1, 0.15) is 29.0 Å². The van der Waals surface area contributed by atoms with Crippen LogP contribution in [0, 0.1) is 5.82 Å². The number of primary amides is 1. The molecule has 2 heterocycles. The van der Waals surface area contributed by atoms with E-state index >= 15 is 8.78 Å². The molecule has 0 fully saturated rings. The number of amides is 1. The first kappa shape index (κ1) is 19.0. The zero-order valence-electron chi connectivity index (χ0n) is 15.2. The molecular weight excluding hydrogens is 383 g/mol. The summed E-state index contributed by atoms with van der Waals surface area (Å²) in [7, 11) is 0. The van der Waals surface area contributed by atoms with Gasteiger partial charge < -0.3 is 15.8 Å². The summed E-state index contributed by atoms with van der Waals surface area (Å²) >= 11 is 0. The summed E-state index contributed by atoms with van der Waals surface area (Å²) in [6, 6.07) is 9.36. The van der Waals surface area contributed by atoms with Gasteiger partial charge in [0.1, 0.15) is 11.6 Å². The molecule has 2 aromatic carbocycles. The first-order valence-electron chi connectivity index (χ1n) is 9.03. The second-order valence-electron chi connectivity index (χ2n) is 6.93. The monoisotopic (exact) mass is 401 g/mol. The van der Waals surface area contributed by atoms with E-state index in [2.05, 4.69) is 10.3 Å². The summed E-state index contributed by atoms with van der Waals surface area (Å²) in [6.45, 7) is 0.0371. The summed E-state index contributed by atoms with van der Waals surface area (Å²) < 4.78 is 50.1. The lowest BCUT2D eigenvalue weighted by Crippen LogP contribution is -2.40. The SMILES string of the molecule is NC(=O)C1(c2ccc3c(c2)OCCC3C(F)(F)c2ccccc2F)C=CNC=N1. The number of carbonyl (C=O) groups is 1. The zero-order valence-corrected chi connectivity index (χ0v) is 15.2. The first-order chi connectivity index (χ1) is 13.9. The molecular formula is C21H18F3N3O2. The molecule has 2 aromatic rings. The predicted molar refractivity (Wildman–Crippen MR) is 101 cm³/mol. The number of ether oxygens (including phenoxy) is 1. The smallest absolute Gasteiger partial charge is 0.283 e. The molecule has 0 aliphatic carbocycles. The third-order valence-corrected chi connectivity index (χ3v) is 5.30. The standard InChI is InChI=1S/C21H18F3N3O2/c22-17-4-2-1-3-16(17)21(23,24)15-7-10-29-18-11-13(5-6-14(15)18)20(19(25)28)8-9-26-12-27-20/h1-6,8-9,11-12,15H,7,10H2,(H2,25,28)(H,26,27). The Morgan fingerprint density at radius 3 is 2.76 bits per heavy atom. The number of carbonyl (C=O) groups excluding carboxylic acids is 1. The molecule has 8 heteroatoms. The van der Waals surface area contributed by atoms with E-state index in [0.717, 1.165) is 12.1 Å². The van der Waals surface area contributed by atoms with Gasteiger partial charge in [-0.25, -0.2) is 18.2 Å². The number of nitrogens with two attached hydrogens (primary N) is 1. The zero-order chi connectivity index (χ0) is 20.6. The van der Waals surface area contributed by atoms with Gasteiger partial charge in [-0.3, -0.25) is 4.79 Å². The first-order valence-corrected chi connectivity index (χ1v) is 9.03. The molecule has 2 unspecified atom stereocenters. The van der Waals surface area contributed by atoms with Crippen LogP contribution in [-0.2, 0) is 16.3 Å². The van der Waals surface area contributed by atoms with Crippen molar-refractivity contribution in [3.05, 3.63) is 77.2 Å². The largest absolute Gasteiger partial charge is 0.493 e. The van der Waals surface area contributed by atoms with Gasteiger partial charge in [0.15, 0.2) is 5.54 Å². The Bertz CT molecular complexity index is 1010. The molecule has 0 radical (unpaired) electrons. The van der Waals surface area contributed by atoms with Crippen LogP contribution in [0.3, 0.4) is 0 Å². The summed E-state index contributed by atoms with van der Waals surface area (Å²) in [5.74, 6) is -6.16. The van der Waals surface area contributed by atoms with Crippen LogP contribution in [-0.4, -0.2) is 18.9 Å². The lowest BCUT2D eigenvalue weighted by Gasteiger charge is -2.34. The number of hydrogen-bond acceptors (Lipinski definition) is 4. The van der Waals surface area contributed by atoms with E-state index < -0.39 is 34.7 Å². The van der Waals surface area contributed by atoms with Crippen molar-refractivity contribution in [2.45, 2.75) is 23.8 Å². The Morgan fingerprint density at radius 1 is 1.28 bits per heavy atom. The fourth-order valence-corrected chi connectivity index (χ4v) is 3.78. The predicted octanol–water partition coefficient (Wildman–Crippen LogP) is 3.31.